The topological polar surface area (TPSA) is 83.6 Å². The zero-order valence-electron chi connectivity index (χ0n) is 18.4. The van der Waals surface area contributed by atoms with Crippen molar-refractivity contribution in [2.45, 2.75) is 13.8 Å². The third-order valence-corrected chi connectivity index (χ3v) is 7.79. The third-order valence-electron chi connectivity index (χ3n) is 5.77. The Hall–Kier alpha value is -3.88. The van der Waals surface area contributed by atoms with Gasteiger partial charge in [-0.2, -0.15) is 5.10 Å². The first-order chi connectivity index (χ1) is 16.6. The van der Waals surface area contributed by atoms with Gasteiger partial charge in [0, 0.05) is 26.1 Å². The number of rotatable bonds is 4. The highest BCUT2D eigenvalue weighted by Crippen LogP contribution is 2.40. The summed E-state index contributed by atoms with van der Waals surface area (Å²) in [6.45, 7) is 3.90. The number of hydrogen-bond acceptors (Lipinski definition) is 6. The molecule has 0 radical (unpaired) electrons. The summed E-state index contributed by atoms with van der Waals surface area (Å²) in [4.78, 5) is 23.5. The molecule has 0 fully saturated rings. The SMILES string of the molecule is Cc1nc(NC(=O)c2cccs2)nc(C)c1-c1cc(-c2cc3ccccc3s2)c2[nH]ncc2c1. The molecular formula is C26H19N5OS2. The summed E-state index contributed by atoms with van der Waals surface area (Å²) >= 11 is 3.15. The minimum atomic E-state index is -0.201. The van der Waals surface area contributed by atoms with E-state index in [1.807, 2.05) is 31.5 Å². The van der Waals surface area contributed by atoms with Gasteiger partial charge in [0.05, 0.1) is 28.0 Å². The number of aryl methyl sites for hydroxylation is 2. The van der Waals surface area contributed by atoms with Gasteiger partial charge in [-0.05, 0) is 60.5 Å². The van der Waals surface area contributed by atoms with E-state index >= 15 is 0 Å². The number of carbonyl (C=O) groups is 1. The van der Waals surface area contributed by atoms with Gasteiger partial charge in [0.15, 0.2) is 0 Å². The lowest BCUT2D eigenvalue weighted by Gasteiger charge is -2.13. The highest BCUT2D eigenvalue weighted by Gasteiger charge is 2.17. The van der Waals surface area contributed by atoms with Gasteiger partial charge in [0.1, 0.15) is 0 Å². The van der Waals surface area contributed by atoms with Crippen molar-refractivity contribution < 1.29 is 4.79 Å². The number of aromatic nitrogens is 4. The lowest BCUT2D eigenvalue weighted by Crippen LogP contribution is -2.14. The van der Waals surface area contributed by atoms with Crippen LogP contribution < -0.4 is 5.32 Å². The molecule has 0 bridgehead atoms. The Morgan fingerprint density at radius 2 is 1.79 bits per heavy atom. The van der Waals surface area contributed by atoms with E-state index in [1.54, 1.807) is 17.4 Å². The molecule has 1 amide bonds. The van der Waals surface area contributed by atoms with Crippen LogP contribution in [0.5, 0.6) is 0 Å². The van der Waals surface area contributed by atoms with Crippen LogP contribution in [0, 0.1) is 13.8 Å². The number of benzene rings is 2. The molecule has 4 heterocycles. The van der Waals surface area contributed by atoms with Gasteiger partial charge in [-0.15, -0.1) is 22.7 Å². The third kappa shape index (κ3) is 3.57. The normalized spacial score (nSPS) is 11.4. The van der Waals surface area contributed by atoms with Crippen LogP contribution in [0.4, 0.5) is 5.95 Å². The average molecular weight is 482 g/mol. The number of carbonyl (C=O) groups excluding carboxylic acids is 1. The predicted octanol–water partition coefficient (Wildman–Crippen LogP) is 6.83. The lowest BCUT2D eigenvalue weighted by molar-refractivity contribution is 0.102. The van der Waals surface area contributed by atoms with Gasteiger partial charge < -0.3 is 0 Å². The van der Waals surface area contributed by atoms with E-state index < -0.39 is 0 Å². The molecule has 2 N–H and O–H groups in total. The van der Waals surface area contributed by atoms with Gasteiger partial charge in [-0.3, -0.25) is 15.2 Å². The minimum absolute atomic E-state index is 0.201. The summed E-state index contributed by atoms with van der Waals surface area (Å²) in [7, 11) is 0. The van der Waals surface area contributed by atoms with Crippen LogP contribution >= 0.6 is 22.7 Å². The van der Waals surface area contributed by atoms with Crippen molar-refractivity contribution >= 4 is 55.5 Å². The van der Waals surface area contributed by atoms with Crippen molar-refractivity contribution in [2.75, 3.05) is 5.32 Å². The number of H-pyrrole nitrogens is 1. The Morgan fingerprint density at radius 1 is 0.971 bits per heavy atom. The predicted molar refractivity (Wildman–Crippen MR) is 140 cm³/mol. The monoisotopic (exact) mass is 481 g/mol. The molecule has 0 spiro atoms. The summed E-state index contributed by atoms with van der Waals surface area (Å²) in [5, 5.41) is 14.4. The lowest BCUT2D eigenvalue weighted by atomic mass is 9.97. The fourth-order valence-corrected chi connectivity index (χ4v) is 5.98. The van der Waals surface area contributed by atoms with Crippen LogP contribution in [0.2, 0.25) is 0 Å². The molecule has 4 aromatic heterocycles. The largest absolute Gasteiger partial charge is 0.290 e. The molecule has 166 valence electrons. The number of amides is 1. The van der Waals surface area contributed by atoms with Gasteiger partial charge in [0.25, 0.3) is 5.91 Å². The van der Waals surface area contributed by atoms with Gasteiger partial charge in [0.2, 0.25) is 5.95 Å². The summed E-state index contributed by atoms with van der Waals surface area (Å²) in [5.41, 5.74) is 5.69. The van der Waals surface area contributed by atoms with Gasteiger partial charge in [-0.1, -0.05) is 24.3 Å². The Labute approximate surface area is 203 Å². The van der Waals surface area contributed by atoms with E-state index in [-0.39, 0.29) is 5.91 Å². The molecule has 34 heavy (non-hydrogen) atoms. The Balaban J connectivity index is 1.44. The molecular weight excluding hydrogens is 462 g/mol. The van der Waals surface area contributed by atoms with E-state index in [2.05, 4.69) is 67.9 Å². The van der Waals surface area contributed by atoms with Crippen LogP contribution in [-0.2, 0) is 0 Å². The second kappa shape index (κ2) is 8.16. The first kappa shape index (κ1) is 20.7. The van der Waals surface area contributed by atoms with E-state index in [1.165, 1.54) is 26.3 Å². The fraction of sp³-hybridized carbons (Fsp3) is 0.0769. The number of anilines is 1. The number of nitrogens with zero attached hydrogens (tertiary/aromatic N) is 3. The number of fused-ring (bicyclic) bond motifs is 2. The maximum absolute atomic E-state index is 12.5. The smallest absolute Gasteiger partial charge is 0.268 e. The summed E-state index contributed by atoms with van der Waals surface area (Å²) in [5.74, 6) is 0.111. The summed E-state index contributed by atoms with van der Waals surface area (Å²) in [6, 6.07) is 18.5. The molecule has 0 saturated heterocycles. The molecule has 0 aliphatic carbocycles. The molecule has 6 rings (SSSR count). The van der Waals surface area contributed by atoms with Crippen molar-refractivity contribution in [2.24, 2.45) is 0 Å². The number of hydrogen-bond donors (Lipinski definition) is 2. The molecule has 8 heteroatoms. The Kier molecular flexibility index (Phi) is 4.97. The zero-order chi connectivity index (χ0) is 23.2. The molecule has 0 atom stereocenters. The molecule has 0 aliphatic rings. The first-order valence-electron chi connectivity index (χ1n) is 10.7. The molecule has 2 aromatic carbocycles. The van der Waals surface area contributed by atoms with E-state index in [0.29, 0.717) is 10.8 Å². The first-order valence-corrected chi connectivity index (χ1v) is 12.4. The number of nitrogens with one attached hydrogen (secondary N) is 2. The Bertz CT molecular complexity index is 1620. The second-order valence-corrected chi connectivity index (χ2v) is 10.1. The van der Waals surface area contributed by atoms with Crippen LogP contribution in [-0.4, -0.2) is 26.1 Å². The van der Waals surface area contributed by atoms with Crippen LogP contribution in [0.15, 0.2) is 66.2 Å². The summed E-state index contributed by atoms with van der Waals surface area (Å²) < 4.78 is 1.25. The standard InChI is InChI=1S/C26H19N5OS2/c1-14-23(15(2)29-26(28-14)30-25(32)21-8-5-9-33-21)17-10-18-13-27-31-24(18)19(11-17)22-12-16-6-3-4-7-20(16)34-22/h3-13H,1-2H3,(H,27,31)(H,28,29,30,32). The van der Waals surface area contributed by atoms with Crippen molar-refractivity contribution in [3.05, 3.63) is 82.4 Å². The summed E-state index contributed by atoms with van der Waals surface area (Å²) in [6.07, 6.45) is 1.84. The average Bonchev–Trinajstić information content (AvgIpc) is 3.58. The maximum atomic E-state index is 12.5. The molecule has 0 saturated carbocycles. The molecule has 0 aliphatic heterocycles. The fourth-order valence-electron chi connectivity index (χ4n) is 4.27. The van der Waals surface area contributed by atoms with Gasteiger partial charge in [-0.25, -0.2) is 9.97 Å². The highest BCUT2D eigenvalue weighted by molar-refractivity contribution is 7.22. The van der Waals surface area contributed by atoms with E-state index in [9.17, 15) is 4.79 Å². The number of aromatic amines is 1. The van der Waals surface area contributed by atoms with Crippen LogP contribution in [0.3, 0.4) is 0 Å². The van der Waals surface area contributed by atoms with Crippen LogP contribution in [0.1, 0.15) is 21.1 Å². The highest BCUT2D eigenvalue weighted by atomic mass is 32.1. The van der Waals surface area contributed by atoms with Crippen molar-refractivity contribution in [1.82, 2.24) is 20.2 Å². The number of thiophene rings is 2. The van der Waals surface area contributed by atoms with Gasteiger partial charge >= 0.3 is 0 Å². The Morgan fingerprint density at radius 3 is 2.56 bits per heavy atom. The molecule has 0 unspecified atom stereocenters. The molecule has 6 aromatic rings. The minimum Gasteiger partial charge on any atom is -0.290 e. The maximum Gasteiger partial charge on any atom is 0.268 e. The quantitative estimate of drug-likeness (QED) is 0.289. The van der Waals surface area contributed by atoms with Crippen molar-refractivity contribution in [1.29, 1.82) is 0 Å². The van der Waals surface area contributed by atoms with Crippen molar-refractivity contribution in [3.63, 3.8) is 0 Å². The second-order valence-electron chi connectivity index (χ2n) is 8.03. The van der Waals surface area contributed by atoms with E-state index in [4.69, 9.17) is 0 Å². The zero-order valence-corrected chi connectivity index (χ0v) is 20.1. The van der Waals surface area contributed by atoms with Crippen LogP contribution in [0.25, 0.3) is 42.6 Å². The van der Waals surface area contributed by atoms with E-state index in [0.717, 1.165) is 39.0 Å². The van der Waals surface area contributed by atoms with Crippen molar-refractivity contribution in [3.8, 4) is 21.6 Å². The molecule has 6 nitrogen and oxygen atoms in total.